The van der Waals surface area contributed by atoms with Crippen molar-refractivity contribution in [2.24, 2.45) is 0 Å². The van der Waals surface area contributed by atoms with Gasteiger partial charge in [-0.2, -0.15) is 0 Å². The molecule has 1 unspecified atom stereocenters. The van der Waals surface area contributed by atoms with Gasteiger partial charge in [-0.3, -0.25) is 0 Å². The summed E-state index contributed by atoms with van der Waals surface area (Å²) in [6.45, 7) is 2.87. The highest BCUT2D eigenvalue weighted by Crippen LogP contribution is 2.34. The van der Waals surface area contributed by atoms with Gasteiger partial charge in [-0.15, -0.1) is 0 Å². The first-order valence-corrected chi connectivity index (χ1v) is 5.62. The van der Waals surface area contributed by atoms with Crippen LogP contribution in [0.25, 0.3) is 10.8 Å². The van der Waals surface area contributed by atoms with Crippen molar-refractivity contribution in [3.63, 3.8) is 0 Å². The summed E-state index contributed by atoms with van der Waals surface area (Å²) in [5.74, 6) is 0. The highest BCUT2D eigenvalue weighted by molar-refractivity contribution is 5.86. The van der Waals surface area contributed by atoms with Crippen LogP contribution in [0.4, 0.5) is 0 Å². The van der Waals surface area contributed by atoms with Crippen LogP contribution in [-0.4, -0.2) is 6.61 Å². The molecule has 16 heavy (non-hydrogen) atoms. The van der Waals surface area contributed by atoms with Crippen LogP contribution in [-0.2, 0) is 4.74 Å². The van der Waals surface area contributed by atoms with Gasteiger partial charge in [0, 0.05) is 0 Å². The van der Waals surface area contributed by atoms with E-state index in [1.165, 1.54) is 21.9 Å². The molecule has 1 atom stereocenters. The summed E-state index contributed by atoms with van der Waals surface area (Å²) in [6.07, 6.45) is 2.30. The van der Waals surface area contributed by atoms with Crippen molar-refractivity contribution in [1.82, 2.24) is 0 Å². The summed E-state index contributed by atoms with van der Waals surface area (Å²) in [5, 5.41) is 2.58. The first kappa shape index (κ1) is 9.61. The summed E-state index contributed by atoms with van der Waals surface area (Å²) in [5.41, 5.74) is 2.60. The van der Waals surface area contributed by atoms with E-state index in [4.69, 9.17) is 4.74 Å². The predicted molar refractivity (Wildman–Crippen MR) is 66.4 cm³/mol. The van der Waals surface area contributed by atoms with Crippen LogP contribution >= 0.6 is 0 Å². The van der Waals surface area contributed by atoms with E-state index >= 15 is 0 Å². The van der Waals surface area contributed by atoms with Gasteiger partial charge in [-0.05, 0) is 28.8 Å². The topological polar surface area (TPSA) is 9.23 Å². The molecule has 0 N–H and O–H groups in total. The van der Waals surface area contributed by atoms with Crippen molar-refractivity contribution in [2.75, 3.05) is 6.61 Å². The van der Waals surface area contributed by atoms with E-state index in [2.05, 4.69) is 55.5 Å². The summed E-state index contributed by atoms with van der Waals surface area (Å²) >= 11 is 0. The quantitative estimate of drug-likeness (QED) is 0.649. The van der Waals surface area contributed by atoms with Crippen molar-refractivity contribution in [2.45, 2.75) is 13.0 Å². The van der Waals surface area contributed by atoms with Crippen molar-refractivity contribution >= 4 is 10.8 Å². The first-order valence-electron chi connectivity index (χ1n) is 5.62. The summed E-state index contributed by atoms with van der Waals surface area (Å²) in [7, 11) is 0. The Labute approximate surface area is 95.4 Å². The van der Waals surface area contributed by atoms with Gasteiger partial charge >= 0.3 is 0 Å². The van der Waals surface area contributed by atoms with Gasteiger partial charge in [0.25, 0.3) is 0 Å². The number of fused-ring (bicyclic) bond motifs is 1. The van der Waals surface area contributed by atoms with Crippen molar-refractivity contribution in [3.05, 3.63) is 59.7 Å². The van der Waals surface area contributed by atoms with Crippen LogP contribution in [0.2, 0.25) is 0 Å². The smallest absolute Gasteiger partial charge is 0.104 e. The largest absolute Gasteiger partial charge is 0.365 e. The summed E-state index contributed by atoms with van der Waals surface area (Å²) in [6, 6.07) is 14.9. The SMILES string of the molecule is CC1=CCOC1c1cccc2ccccc12. The molecule has 0 fully saturated rings. The minimum Gasteiger partial charge on any atom is -0.365 e. The van der Waals surface area contributed by atoms with Crippen molar-refractivity contribution in [3.8, 4) is 0 Å². The molecule has 0 aromatic heterocycles. The Morgan fingerprint density at radius 1 is 1.06 bits per heavy atom. The minimum atomic E-state index is 0.145. The Kier molecular flexibility index (Phi) is 2.26. The van der Waals surface area contributed by atoms with E-state index in [0.717, 1.165) is 6.61 Å². The average Bonchev–Trinajstić information content (AvgIpc) is 2.75. The lowest BCUT2D eigenvalue weighted by Gasteiger charge is -2.15. The van der Waals surface area contributed by atoms with Gasteiger partial charge in [-0.25, -0.2) is 0 Å². The molecule has 0 saturated carbocycles. The molecule has 0 amide bonds. The second-order valence-electron chi connectivity index (χ2n) is 4.23. The fraction of sp³-hybridized carbons (Fsp3) is 0.200. The third kappa shape index (κ3) is 1.44. The highest BCUT2D eigenvalue weighted by atomic mass is 16.5. The number of hydrogen-bond acceptors (Lipinski definition) is 1. The Hall–Kier alpha value is -1.60. The second kappa shape index (κ2) is 3.76. The lowest BCUT2D eigenvalue weighted by molar-refractivity contribution is 0.124. The van der Waals surface area contributed by atoms with Crippen LogP contribution in [0.1, 0.15) is 18.6 Å². The molecule has 1 aliphatic rings. The van der Waals surface area contributed by atoms with Crippen LogP contribution in [0, 0.1) is 0 Å². The third-order valence-corrected chi connectivity index (χ3v) is 3.19. The van der Waals surface area contributed by atoms with Gasteiger partial charge in [-0.1, -0.05) is 48.5 Å². The molecule has 2 aromatic carbocycles. The molecule has 80 valence electrons. The molecular formula is C15H14O. The molecule has 1 heteroatoms. The molecule has 0 aliphatic carbocycles. The third-order valence-electron chi connectivity index (χ3n) is 3.19. The molecule has 2 aromatic rings. The predicted octanol–water partition coefficient (Wildman–Crippen LogP) is 3.86. The number of rotatable bonds is 1. The van der Waals surface area contributed by atoms with Crippen LogP contribution < -0.4 is 0 Å². The summed E-state index contributed by atoms with van der Waals surface area (Å²) in [4.78, 5) is 0. The molecule has 0 spiro atoms. The minimum absolute atomic E-state index is 0.145. The maximum absolute atomic E-state index is 5.77. The van der Waals surface area contributed by atoms with Crippen LogP contribution in [0.15, 0.2) is 54.1 Å². The lowest BCUT2D eigenvalue weighted by atomic mass is 9.97. The molecule has 0 radical (unpaired) electrons. The Morgan fingerprint density at radius 2 is 1.88 bits per heavy atom. The zero-order valence-electron chi connectivity index (χ0n) is 9.31. The highest BCUT2D eigenvalue weighted by Gasteiger charge is 2.19. The van der Waals surface area contributed by atoms with Crippen molar-refractivity contribution < 1.29 is 4.74 Å². The molecule has 3 rings (SSSR count). The number of benzene rings is 2. The Bertz CT molecular complexity index is 549. The van der Waals surface area contributed by atoms with Crippen LogP contribution in [0.5, 0.6) is 0 Å². The van der Waals surface area contributed by atoms with Crippen LogP contribution in [0.3, 0.4) is 0 Å². The van der Waals surface area contributed by atoms with Gasteiger partial charge < -0.3 is 4.74 Å². The lowest BCUT2D eigenvalue weighted by Crippen LogP contribution is -2.00. The molecule has 1 nitrogen and oxygen atoms in total. The maximum Gasteiger partial charge on any atom is 0.104 e. The monoisotopic (exact) mass is 210 g/mol. The van der Waals surface area contributed by atoms with Gasteiger partial charge in [0.1, 0.15) is 6.10 Å². The summed E-state index contributed by atoms with van der Waals surface area (Å²) < 4.78 is 5.77. The fourth-order valence-corrected chi connectivity index (χ4v) is 2.33. The van der Waals surface area contributed by atoms with Gasteiger partial charge in [0.2, 0.25) is 0 Å². The van der Waals surface area contributed by atoms with E-state index in [0.29, 0.717) is 0 Å². The average molecular weight is 210 g/mol. The van der Waals surface area contributed by atoms with Gasteiger partial charge in [0.15, 0.2) is 0 Å². The zero-order chi connectivity index (χ0) is 11.0. The van der Waals surface area contributed by atoms with Crippen molar-refractivity contribution in [1.29, 1.82) is 0 Å². The molecule has 1 heterocycles. The maximum atomic E-state index is 5.77. The molecule has 0 saturated heterocycles. The fourth-order valence-electron chi connectivity index (χ4n) is 2.33. The van der Waals surface area contributed by atoms with E-state index in [-0.39, 0.29) is 6.10 Å². The standard InChI is InChI=1S/C15H14O/c1-11-9-10-16-15(11)14-8-4-6-12-5-2-3-7-13(12)14/h2-9,15H,10H2,1H3. The van der Waals surface area contributed by atoms with E-state index in [9.17, 15) is 0 Å². The molecule has 0 bridgehead atoms. The molecule has 1 aliphatic heterocycles. The van der Waals surface area contributed by atoms with E-state index in [1.807, 2.05) is 0 Å². The normalized spacial score (nSPS) is 20.1. The van der Waals surface area contributed by atoms with E-state index in [1.54, 1.807) is 0 Å². The Balaban J connectivity index is 2.20. The second-order valence-corrected chi connectivity index (χ2v) is 4.23. The number of ether oxygens (including phenoxy) is 1. The van der Waals surface area contributed by atoms with Gasteiger partial charge in [0.05, 0.1) is 6.61 Å². The zero-order valence-corrected chi connectivity index (χ0v) is 9.31. The first-order chi connectivity index (χ1) is 7.86. The Morgan fingerprint density at radius 3 is 2.69 bits per heavy atom. The van der Waals surface area contributed by atoms with E-state index < -0.39 is 0 Å². The molecular weight excluding hydrogens is 196 g/mol. The number of hydrogen-bond donors (Lipinski definition) is 0.